The predicted molar refractivity (Wildman–Crippen MR) is 78.4 cm³/mol. The molecule has 0 saturated carbocycles. The minimum absolute atomic E-state index is 0.103. The van der Waals surface area contributed by atoms with E-state index in [1.807, 2.05) is 6.07 Å². The van der Waals surface area contributed by atoms with Gasteiger partial charge in [-0.25, -0.2) is 8.42 Å². The number of nitrogens with zero attached hydrogens (tertiary/aromatic N) is 1. The lowest BCUT2D eigenvalue weighted by Crippen LogP contribution is -2.36. The van der Waals surface area contributed by atoms with Crippen molar-refractivity contribution >= 4 is 15.9 Å². The molecule has 0 amide bonds. The molecule has 0 spiro atoms. The Bertz CT molecular complexity index is 634. The molecule has 2 heterocycles. The third-order valence-electron chi connectivity index (χ3n) is 4.01. The Morgan fingerprint density at radius 3 is 2.90 bits per heavy atom. The van der Waals surface area contributed by atoms with Crippen LogP contribution in [0.1, 0.15) is 25.3 Å². The van der Waals surface area contributed by atoms with Crippen LogP contribution in [0.5, 0.6) is 0 Å². The number of hydrogen-bond donors (Lipinski definition) is 2. The standard InChI is InChI=1S/C14H19N3O2S/c1-10(11-5-4-8-15-9-11)16-14-12-6-2-3-7-13(12)20(18,19)17-14/h2-3,6-7,10-11,15H,4-5,8-9H2,1H3,(H,16,17). The molecular formula is C14H19N3O2S. The first-order valence-corrected chi connectivity index (χ1v) is 8.47. The number of nitrogens with one attached hydrogen (secondary N) is 2. The summed E-state index contributed by atoms with van der Waals surface area (Å²) in [6.07, 6.45) is 2.29. The van der Waals surface area contributed by atoms with Gasteiger partial charge in [-0.3, -0.25) is 9.71 Å². The van der Waals surface area contributed by atoms with Crippen molar-refractivity contribution in [2.24, 2.45) is 10.9 Å². The lowest BCUT2D eigenvalue weighted by Gasteiger charge is -2.26. The largest absolute Gasteiger partial charge is 0.316 e. The number of piperidine rings is 1. The molecule has 0 aromatic heterocycles. The third-order valence-corrected chi connectivity index (χ3v) is 5.41. The van der Waals surface area contributed by atoms with Crippen molar-refractivity contribution in [1.29, 1.82) is 0 Å². The Kier molecular flexibility index (Phi) is 3.52. The minimum atomic E-state index is -3.43. The van der Waals surface area contributed by atoms with Gasteiger partial charge < -0.3 is 5.32 Å². The van der Waals surface area contributed by atoms with Gasteiger partial charge in [0.05, 0.1) is 10.9 Å². The molecule has 3 rings (SSSR count). The lowest BCUT2D eigenvalue weighted by atomic mass is 9.93. The molecule has 2 unspecified atom stereocenters. The molecule has 0 aliphatic carbocycles. The maximum atomic E-state index is 12.0. The topological polar surface area (TPSA) is 70.6 Å². The summed E-state index contributed by atoms with van der Waals surface area (Å²) in [6.45, 7) is 4.07. The number of amidine groups is 1. The fraction of sp³-hybridized carbons (Fsp3) is 0.500. The molecule has 0 radical (unpaired) electrons. The van der Waals surface area contributed by atoms with Crippen LogP contribution in [-0.4, -0.2) is 33.4 Å². The predicted octanol–water partition coefficient (Wildman–Crippen LogP) is 1.11. The highest BCUT2D eigenvalue weighted by Crippen LogP contribution is 2.24. The zero-order valence-corrected chi connectivity index (χ0v) is 12.3. The van der Waals surface area contributed by atoms with Crippen molar-refractivity contribution in [2.45, 2.75) is 30.7 Å². The van der Waals surface area contributed by atoms with Gasteiger partial charge in [-0.15, -0.1) is 0 Å². The summed E-state index contributed by atoms with van der Waals surface area (Å²) < 4.78 is 26.6. The van der Waals surface area contributed by atoms with Gasteiger partial charge in [0, 0.05) is 5.56 Å². The molecule has 1 fully saturated rings. The van der Waals surface area contributed by atoms with E-state index >= 15 is 0 Å². The maximum absolute atomic E-state index is 12.0. The molecule has 6 heteroatoms. The van der Waals surface area contributed by atoms with Gasteiger partial charge in [-0.1, -0.05) is 12.1 Å². The molecule has 1 aromatic rings. The number of aliphatic imine (C=N–C) groups is 1. The van der Waals surface area contributed by atoms with E-state index in [1.165, 1.54) is 0 Å². The number of hydrogen-bond acceptors (Lipinski definition) is 4. The van der Waals surface area contributed by atoms with Crippen LogP contribution in [0.2, 0.25) is 0 Å². The van der Waals surface area contributed by atoms with E-state index in [2.05, 4.69) is 22.0 Å². The van der Waals surface area contributed by atoms with Crippen molar-refractivity contribution in [3.8, 4) is 0 Å². The molecule has 2 aliphatic heterocycles. The highest BCUT2D eigenvalue weighted by Gasteiger charge is 2.31. The highest BCUT2D eigenvalue weighted by atomic mass is 32.2. The van der Waals surface area contributed by atoms with Gasteiger partial charge in [0.2, 0.25) is 0 Å². The third kappa shape index (κ3) is 2.45. The molecule has 2 atom stereocenters. The Morgan fingerprint density at radius 2 is 2.15 bits per heavy atom. The van der Waals surface area contributed by atoms with Gasteiger partial charge in [-0.05, 0) is 50.9 Å². The molecular weight excluding hydrogens is 274 g/mol. The van der Waals surface area contributed by atoms with Gasteiger partial charge in [0.15, 0.2) is 0 Å². The maximum Gasteiger partial charge on any atom is 0.263 e. The first-order chi connectivity index (χ1) is 9.58. The van der Waals surface area contributed by atoms with E-state index in [1.54, 1.807) is 18.2 Å². The monoisotopic (exact) mass is 293 g/mol. The summed E-state index contributed by atoms with van der Waals surface area (Å²) >= 11 is 0. The van der Waals surface area contributed by atoms with Crippen molar-refractivity contribution in [2.75, 3.05) is 13.1 Å². The SMILES string of the molecule is CC(N=C1NS(=O)(=O)c2ccccc21)C1CCCNC1. The second kappa shape index (κ2) is 5.18. The molecule has 1 aromatic carbocycles. The smallest absolute Gasteiger partial charge is 0.263 e. The quantitative estimate of drug-likeness (QED) is 0.858. The highest BCUT2D eigenvalue weighted by molar-refractivity contribution is 7.90. The van der Waals surface area contributed by atoms with E-state index < -0.39 is 10.0 Å². The molecule has 20 heavy (non-hydrogen) atoms. The van der Waals surface area contributed by atoms with Gasteiger partial charge in [-0.2, -0.15) is 0 Å². The van der Waals surface area contributed by atoms with E-state index in [-0.39, 0.29) is 6.04 Å². The van der Waals surface area contributed by atoms with Crippen LogP contribution in [0.25, 0.3) is 0 Å². The van der Waals surface area contributed by atoms with Gasteiger partial charge >= 0.3 is 0 Å². The summed E-state index contributed by atoms with van der Waals surface area (Å²) in [5.41, 5.74) is 0.683. The number of benzene rings is 1. The Balaban J connectivity index is 1.89. The normalized spacial score (nSPS) is 27.9. The van der Waals surface area contributed by atoms with E-state index in [9.17, 15) is 8.42 Å². The molecule has 108 valence electrons. The van der Waals surface area contributed by atoms with Crippen LogP contribution in [0, 0.1) is 5.92 Å². The molecule has 1 saturated heterocycles. The van der Waals surface area contributed by atoms with E-state index in [0.717, 1.165) is 25.9 Å². The average Bonchev–Trinajstić information content (AvgIpc) is 2.72. The Labute approximate surface area is 119 Å². The first kappa shape index (κ1) is 13.6. The second-order valence-electron chi connectivity index (χ2n) is 5.43. The zero-order chi connectivity index (χ0) is 14.2. The van der Waals surface area contributed by atoms with Crippen molar-refractivity contribution < 1.29 is 8.42 Å². The second-order valence-corrected chi connectivity index (χ2v) is 7.08. The molecule has 0 bridgehead atoms. The fourth-order valence-electron chi connectivity index (χ4n) is 2.83. The van der Waals surface area contributed by atoms with Gasteiger partial charge in [0.25, 0.3) is 10.0 Å². The van der Waals surface area contributed by atoms with Crippen molar-refractivity contribution in [3.05, 3.63) is 29.8 Å². The Morgan fingerprint density at radius 1 is 1.35 bits per heavy atom. The number of rotatable bonds is 2. The summed E-state index contributed by atoms with van der Waals surface area (Å²) in [5.74, 6) is 0.951. The zero-order valence-electron chi connectivity index (χ0n) is 11.5. The molecule has 2 aliphatic rings. The Hall–Kier alpha value is -1.40. The summed E-state index contributed by atoms with van der Waals surface area (Å²) in [6, 6.07) is 7.09. The van der Waals surface area contributed by atoms with Crippen LogP contribution in [0.4, 0.5) is 0 Å². The number of fused-ring (bicyclic) bond motifs is 1. The molecule has 2 N–H and O–H groups in total. The van der Waals surface area contributed by atoms with Crippen molar-refractivity contribution in [1.82, 2.24) is 10.0 Å². The van der Waals surface area contributed by atoms with Gasteiger partial charge in [0.1, 0.15) is 5.84 Å². The van der Waals surface area contributed by atoms with E-state index in [4.69, 9.17) is 0 Å². The van der Waals surface area contributed by atoms with Crippen LogP contribution >= 0.6 is 0 Å². The van der Waals surface area contributed by atoms with Crippen LogP contribution in [-0.2, 0) is 10.0 Å². The van der Waals surface area contributed by atoms with Crippen molar-refractivity contribution in [3.63, 3.8) is 0 Å². The lowest BCUT2D eigenvalue weighted by molar-refractivity contribution is 0.336. The molecule has 5 nitrogen and oxygen atoms in total. The van der Waals surface area contributed by atoms with E-state index in [0.29, 0.717) is 22.2 Å². The summed E-state index contributed by atoms with van der Waals surface area (Å²) in [7, 11) is -3.43. The van der Waals surface area contributed by atoms with Crippen LogP contribution in [0.3, 0.4) is 0 Å². The van der Waals surface area contributed by atoms with Crippen LogP contribution in [0.15, 0.2) is 34.2 Å². The fourth-order valence-corrected chi connectivity index (χ4v) is 4.07. The first-order valence-electron chi connectivity index (χ1n) is 6.99. The number of sulfonamides is 1. The average molecular weight is 293 g/mol. The summed E-state index contributed by atoms with van der Waals surface area (Å²) in [4.78, 5) is 4.95. The van der Waals surface area contributed by atoms with Crippen LogP contribution < -0.4 is 10.0 Å². The summed E-state index contributed by atoms with van der Waals surface area (Å²) in [5, 5.41) is 3.37. The minimum Gasteiger partial charge on any atom is -0.316 e.